The van der Waals surface area contributed by atoms with E-state index in [0.29, 0.717) is 0 Å². The third-order valence-corrected chi connectivity index (χ3v) is 3.95. The molecule has 1 saturated heterocycles. The largest absolute Gasteiger partial charge is 0.346 e. The first-order valence-electron chi connectivity index (χ1n) is 5.51. The van der Waals surface area contributed by atoms with Gasteiger partial charge in [-0.15, -0.1) is 11.3 Å². The Bertz CT molecular complexity index is 387. The van der Waals surface area contributed by atoms with Gasteiger partial charge >= 0.3 is 0 Å². The average Bonchev–Trinajstić information content (AvgIpc) is 2.75. The predicted molar refractivity (Wildman–Crippen MR) is 65.7 cm³/mol. The summed E-state index contributed by atoms with van der Waals surface area (Å²) < 4.78 is 0. The number of anilines is 1. The Labute approximate surface area is 100 Å². The molecule has 0 spiro atoms. The number of nitriles is 1. The Hall–Kier alpha value is -1.12. The highest BCUT2D eigenvalue weighted by molar-refractivity contribution is 7.13. The molecule has 1 aliphatic rings. The van der Waals surface area contributed by atoms with Crippen LogP contribution in [0.4, 0.5) is 5.13 Å². The van der Waals surface area contributed by atoms with Crippen LogP contribution in [-0.4, -0.2) is 42.1 Å². The second-order valence-electron chi connectivity index (χ2n) is 4.10. The Morgan fingerprint density at radius 1 is 1.44 bits per heavy atom. The van der Waals surface area contributed by atoms with E-state index >= 15 is 0 Å². The molecule has 2 heterocycles. The van der Waals surface area contributed by atoms with Crippen molar-refractivity contribution in [1.29, 1.82) is 5.26 Å². The highest BCUT2D eigenvalue weighted by Crippen LogP contribution is 2.21. The molecule has 0 saturated carbocycles. The lowest BCUT2D eigenvalue weighted by Gasteiger charge is -2.35. The van der Waals surface area contributed by atoms with Crippen LogP contribution in [0.2, 0.25) is 0 Å². The van der Waals surface area contributed by atoms with Gasteiger partial charge in [0.2, 0.25) is 0 Å². The minimum absolute atomic E-state index is 0.0279. The van der Waals surface area contributed by atoms with Gasteiger partial charge in [0.25, 0.3) is 0 Å². The Morgan fingerprint density at radius 3 is 2.62 bits per heavy atom. The number of hydrogen-bond acceptors (Lipinski definition) is 5. The van der Waals surface area contributed by atoms with Gasteiger partial charge in [-0.3, -0.25) is 4.90 Å². The van der Waals surface area contributed by atoms with Crippen LogP contribution in [0.3, 0.4) is 0 Å². The van der Waals surface area contributed by atoms with E-state index in [4.69, 9.17) is 5.26 Å². The molecule has 0 amide bonds. The van der Waals surface area contributed by atoms with E-state index in [1.54, 1.807) is 11.3 Å². The summed E-state index contributed by atoms with van der Waals surface area (Å²) in [6.07, 6.45) is 0. The molecule has 16 heavy (non-hydrogen) atoms. The van der Waals surface area contributed by atoms with Gasteiger partial charge in [0.05, 0.1) is 17.8 Å². The lowest BCUT2D eigenvalue weighted by atomic mass is 10.2. The SMILES string of the molecule is Cc1csc(N2CCN(C(C)C#N)CC2)n1. The Kier molecular flexibility index (Phi) is 3.42. The molecule has 2 rings (SSSR count). The van der Waals surface area contributed by atoms with Crippen LogP contribution in [0.25, 0.3) is 0 Å². The van der Waals surface area contributed by atoms with Crippen molar-refractivity contribution in [2.75, 3.05) is 31.1 Å². The number of aromatic nitrogens is 1. The third kappa shape index (κ3) is 2.34. The van der Waals surface area contributed by atoms with Crippen LogP contribution >= 0.6 is 11.3 Å². The molecule has 5 heteroatoms. The van der Waals surface area contributed by atoms with Crippen LogP contribution in [0, 0.1) is 18.3 Å². The fraction of sp³-hybridized carbons (Fsp3) is 0.636. The number of piperazine rings is 1. The van der Waals surface area contributed by atoms with Crippen molar-refractivity contribution in [1.82, 2.24) is 9.88 Å². The molecule has 1 unspecified atom stereocenters. The molecule has 86 valence electrons. The van der Waals surface area contributed by atoms with E-state index in [2.05, 4.69) is 26.2 Å². The molecule has 1 aromatic heterocycles. The van der Waals surface area contributed by atoms with E-state index in [1.807, 2.05) is 13.8 Å². The first-order chi connectivity index (χ1) is 7.70. The molecule has 1 aliphatic heterocycles. The normalized spacial score (nSPS) is 19.4. The van der Waals surface area contributed by atoms with Crippen molar-refractivity contribution in [3.8, 4) is 6.07 Å². The van der Waals surface area contributed by atoms with Gasteiger partial charge in [-0.25, -0.2) is 4.98 Å². The molecule has 0 N–H and O–H groups in total. The molecule has 1 atom stereocenters. The van der Waals surface area contributed by atoms with Crippen LogP contribution in [-0.2, 0) is 0 Å². The quantitative estimate of drug-likeness (QED) is 0.780. The van der Waals surface area contributed by atoms with Gasteiger partial charge < -0.3 is 4.90 Å². The number of hydrogen-bond donors (Lipinski definition) is 0. The van der Waals surface area contributed by atoms with Crippen molar-refractivity contribution >= 4 is 16.5 Å². The molecule has 0 aliphatic carbocycles. The second kappa shape index (κ2) is 4.81. The van der Waals surface area contributed by atoms with Crippen LogP contribution < -0.4 is 4.90 Å². The lowest BCUT2D eigenvalue weighted by Crippen LogP contribution is -2.49. The molecular weight excluding hydrogens is 220 g/mol. The molecule has 4 nitrogen and oxygen atoms in total. The average molecular weight is 236 g/mol. The van der Waals surface area contributed by atoms with E-state index in [-0.39, 0.29) is 6.04 Å². The van der Waals surface area contributed by atoms with Crippen molar-refractivity contribution in [3.05, 3.63) is 11.1 Å². The van der Waals surface area contributed by atoms with Gasteiger partial charge in [0.15, 0.2) is 5.13 Å². The predicted octanol–water partition coefficient (Wildman–Crippen LogP) is 1.49. The van der Waals surface area contributed by atoms with Crippen molar-refractivity contribution in [2.24, 2.45) is 0 Å². The summed E-state index contributed by atoms with van der Waals surface area (Å²) in [6, 6.07) is 2.32. The van der Waals surface area contributed by atoms with Crippen LogP contribution in [0.15, 0.2) is 5.38 Å². The minimum atomic E-state index is 0.0279. The highest BCUT2D eigenvalue weighted by Gasteiger charge is 2.22. The highest BCUT2D eigenvalue weighted by atomic mass is 32.1. The number of aryl methyl sites for hydroxylation is 1. The number of thiazole rings is 1. The summed E-state index contributed by atoms with van der Waals surface area (Å²) >= 11 is 1.70. The fourth-order valence-corrected chi connectivity index (χ4v) is 2.73. The second-order valence-corrected chi connectivity index (χ2v) is 4.94. The van der Waals surface area contributed by atoms with Crippen LogP contribution in [0.1, 0.15) is 12.6 Å². The number of nitrogens with zero attached hydrogens (tertiary/aromatic N) is 4. The summed E-state index contributed by atoms with van der Waals surface area (Å²) in [4.78, 5) is 9.01. The molecule has 1 fully saturated rings. The van der Waals surface area contributed by atoms with E-state index < -0.39 is 0 Å². The zero-order chi connectivity index (χ0) is 11.5. The summed E-state index contributed by atoms with van der Waals surface area (Å²) in [5.41, 5.74) is 1.09. The van der Waals surface area contributed by atoms with Gasteiger partial charge in [0, 0.05) is 31.6 Å². The third-order valence-electron chi connectivity index (χ3n) is 2.93. The maximum absolute atomic E-state index is 8.86. The zero-order valence-corrected chi connectivity index (χ0v) is 10.5. The molecule has 0 bridgehead atoms. The fourth-order valence-electron chi connectivity index (χ4n) is 1.87. The van der Waals surface area contributed by atoms with E-state index in [1.165, 1.54) is 0 Å². The molecular formula is C11H16N4S. The molecule has 0 aromatic carbocycles. The van der Waals surface area contributed by atoms with E-state index in [0.717, 1.165) is 37.0 Å². The standard InChI is InChI=1S/C11H16N4S/c1-9-8-16-11(13-9)15-5-3-14(4-6-15)10(2)7-12/h8,10H,3-6H2,1-2H3. The van der Waals surface area contributed by atoms with E-state index in [9.17, 15) is 0 Å². The van der Waals surface area contributed by atoms with Gasteiger partial charge in [-0.2, -0.15) is 5.26 Å². The Morgan fingerprint density at radius 2 is 2.12 bits per heavy atom. The first kappa shape index (κ1) is 11.4. The van der Waals surface area contributed by atoms with Crippen LogP contribution in [0.5, 0.6) is 0 Å². The molecule has 0 radical (unpaired) electrons. The van der Waals surface area contributed by atoms with Crippen molar-refractivity contribution in [3.63, 3.8) is 0 Å². The monoisotopic (exact) mass is 236 g/mol. The lowest BCUT2D eigenvalue weighted by molar-refractivity contribution is 0.231. The number of rotatable bonds is 2. The summed E-state index contributed by atoms with van der Waals surface area (Å²) in [5.74, 6) is 0. The van der Waals surface area contributed by atoms with Gasteiger partial charge in [0.1, 0.15) is 0 Å². The van der Waals surface area contributed by atoms with Crippen molar-refractivity contribution in [2.45, 2.75) is 19.9 Å². The topological polar surface area (TPSA) is 43.2 Å². The first-order valence-corrected chi connectivity index (χ1v) is 6.39. The minimum Gasteiger partial charge on any atom is -0.346 e. The summed E-state index contributed by atoms with van der Waals surface area (Å²) in [5, 5.41) is 12.1. The maximum atomic E-state index is 8.86. The summed E-state index contributed by atoms with van der Waals surface area (Å²) in [7, 11) is 0. The van der Waals surface area contributed by atoms with Gasteiger partial charge in [-0.05, 0) is 13.8 Å². The Balaban J connectivity index is 1.93. The van der Waals surface area contributed by atoms with Gasteiger partial charge in [-0.1, -0.05) is 0 Å². The molecule has 1 aromatic rings. The smallest absolute Gasteiger partial charge is 0.185 e. The summed E-state index contributed by atoms with van der Waals surface area (Å²) in [6.45, 7) is 7.83. The maximum Gasteiger partial charge on any atom is 0.185 e. The zero-order valence-electron chi connectivity index (χ0n) is 9.68. The van der Waals surface area contributed by atoms with Crippen molar-refractivity contribution < 1.29 is 0 Å².